The fraction of sp³-hybridized carbons (Fsp3) is 0. The molecule has 3 heterocycles. The zero-order valence-electron chi connectivity index (χ0n) is 22.4. The van der Waals surface area contributed by atoms with E-state index < -0.39 is 0 Å². The lowest BCUT2D eigenvalue weighted by Crippen LogP contribution is -2.06. The van der Waals surface area contributed by atoms with E-state index in [-0.39, 0.29) is 0 Å². The highest BCUT2D eigenvalue weighted by atomic mass is 32.1. The molecule has 0 atom stereocenters. The normalized spacial score (nSPS) is 11.8. The Labute approximate surface area is 245 Å². The quantitative estimate of drug-likeness (QED) is 0.204. The van der Waals surface area contributed by atoms with Gasteiger partial charge in [-0.25, -0.2) is 4.98 Å². The predicted molar refractivity (Wildman–Crippen MR) is 175 cm³/mol. The van der Waals surface area contributed by atoms with Crippen LogP contribution in [0.2, 0.25) is 0 Å². The molecule has 0 amide bonds. The predicted octanol–water partition coefficient (Wildman–Crippen LogP) is 9.82. The monoisotopic (exact) mass is 554 g/mol. The van der Waals surface area contributed by atoms with Gasteiger partial charge in [0.2, 0.25) is 5.95 Å². The molecule has 9 rings (SSSR count). The van der Waals surface area contributed by atoms with E-state index in [9.17, 15) is 0 Å². The van der Waals surface area contributed by atoms with Crippen LogP contribution in [0, 0.1) is 0 Å². The summed E-state index contributed by atoms with van der Waals surface area (Å²) >= 11 is 1.79. The van der Waals surface area contributed by atoms with Gasteiger partial charge in [-0.15, -0.1) is 11.3 Å². The van der Waals surface area contributed by atoms with Gasteiger partial charge in [-0.1, -0.05) is 115 Å². The van der Waals surface area contributed by atoms with Gasteiger partial charge in [0.15, 0.2) is 11.6 Å². The average molecular weight is 555 g/mol. The minimum Gasteiger partial charge on any atom is -0.277 e. The van der Waals surface area contributed by atoms with E-state index in [0.717, 1.165) is 22.2 Å². The molecule has 4 nitrogen and oxygen atoms in total. The van der Waals surface area contributed by atoms with Crippen LogP contribution in [0.15, 0.2) is 133 Å². The minimum atomic E-state index is 0.610. The van der Waals surface area contributed by atoms with Crippen molar-refractivity contribution < 1.29 is 0 Å². The van der Waals surface area contributed by atoms with E-state index in [1.165, 1.54) is 42.4 Å². The topological polar surface area (TPSA) is 43.6 Å². The fourth-order valence-electron chi connectivity index (χ4n) is 6.28. The maximum absolute atomic E-state index is 5.17. The summed E-state index contributed by atoms with van der Waals surface area (Å²) in [7, 11) is 0. The first-order valence-corrected chi connectivity index (χ1v) is 14.8. The van der Waals surface area contributed by atoms with Crippen LogP contribution in [0.5, 0.6) is 0 Å². The highest BCUT2D eigenvalue weighted by molar-refractivity contribution is 7.18. The number of aromatic nitrogens is 4. The Hall–Kier alpha value is -5.39. The number of thiophene rings is 1. The van der Waals surface area contributed by atoms with Crippen molar-refractivity contribution in [3.8, 4) is 28.7 Å². The highest BCUT2D eigenvalue weighted by Crippen LogP contribution is 2.45. The number of fused-ring (bicyclic) bond motifs is 10. The second-order valence-corrected chi connectivity index (χ2v) is 11.4. The largest absolute Gasteiger partial charge is 0.277 e. The first-order chi connectivity index (χ1) is 20.8. The number of benzene rings is 6. The summed E-state index contributed by atoms with van der Waals surface area (Å²) in [6.07, 6.45) is 0. The van der Waals surface area contributed by atoms with Crippen LogP contribution in [-0.4, -0.2) is 19.5 Å². The maximum atomic E-state index is 5.17. The summed E-state index contributed by atoms with van der Waals surface area (Å²) < 4.78 is 3.54. The standard InChI is InChI=1S/C37H22N4S/c1-3-11-24(12-4-1)35-38-36(25-13-5-2-6-14-25)40-37(39-35)41-30-20-19-23-21-22-42-34(23)32(30)31-28-17-9-7-15-26(28)27-16-8-10-18-29(27)33(31)41/h1-22H. The number of hydrogen-bond donors (Lipinski definition) is 0. The minimum absolute atomic E-state index is 0.610. The Morgan fingerprint density at radius 2 is 1.05 bits per heavy atom. The Morgan fingerprint density at radius 1 is 0.476 bits per heavy atom. The van der Waals surface area contributed by atoms with Crippen LogP contribution in [-0.2, 0) is 0 Å². The SMILES string of the molecule is c1ccc(-c2nc(-c3ccccc3)nc(-n3c4ccc5ccsc5c4c4c5ccccc5c5ccccc5c43)n2)cc1. The van der Waals surface area contributed by atoms with E-state index in [2.05, 4.69) is 101 Å². The average Bonchev–Trinajstić information content (AvgIpc) is 3.69. The molecule has 0 fully saturated rings. The molecule has 0 bridgehead atoms. The molecule has 3 aromatic heterocycles. The molecule has 5 heteroatoms. The van der Waals surface area contributed by atoms with E-state index in [1.807, 2.05) is 36.4 Å². The van der Waals surface area contributed by atoms with E-state index >= 15 is 0 Å². The second-order valence-electron chi connectivity index (χ2n) is 10.5. The van der Waals surface area contributed by atoms with Gasteiger partial charge < -0.3 is 0 Å². The fourth-order valence-corrected chi connectivity index (χ4v) is 7.23. The van der Waals surface area contributed by atoms with Crippen molar-refractivity contribution in [1.29, 1.82) is 0 Å². The molecule has 0 aliphatic rings. The van der Waals surface area contributed by atoms with Gasteiger partial charge in [0.1, 0.15) is 0 Å². The Balaban J connectivity index is 1.52. The molecule has 6 aromatic carbocycles. The van der Waals surface area contributed by atoms with Crippen molar-refractivity contribution in [1.82, 2.24) is 19.5 Å². The number of nitrogens with zero attached hydrogens (tertiary/aromatic N) is 4. The van der Waals surface area contributed by atoms with Crippen LogP contribution >= 0.6 is 11.3 Å². The van der Waals surface area contributed by atoms with Crippen LogP contribution in [0.3, 0.4) is 0 Å². The first-order valence-electron chi connectivity index (χ1n) is 14.0. The zero-order valence-corrected chi connectivity index (χ0v) is 23.2. The van der Waals surface area contributed by atoms with E-state index in [1.54, 1.807) is 11.3 Å². The molecule has 0 unspecified atom stereocenters. The summed E-state index contributed by atoms with van der Waals surface area (Å²) in [5, 5.41) is 10.8. The second kappa shape index (κ2) is 9.06. The lowest BCUT2D eigenvalue weighted by Gasteiger charge is -2.13. The molecule has 0 radical (unpaired) electrons. The molecule has 0 saturated heterocycles. The number of hydrogen-bond acceptors (Lipinski definition) is 4. The van der Waals surface area contributed by atoms with Crippen molar-refractivity contribution in [2.75, 3.05) is 0 Å². The molecular formula is C37H22N4S. The third-order valence-electron chi connectivity index (χ3n) is 8.11. The summed E-state index contributed by atoms with van der Waals surface area (Å²) in [5.41, 5.74) is 4.11. The lowest BCUT2D eigenvalue weighted by molar-refractivity contribution is 0.955. The molecule has 42 heavy (non-hydrogen) atoms. The summed E-state index contributed by atoms with van der Waals surface area (Å²) in [6.45, 7) is 0. The van der Waals surface area contributed by atoms with Crippen molar-refractivity contribution >= 4 is 64.8 Å². The molecule has 196 valence electrons. The highest BCUT2D eigenvalue weighted by Gasteiger charge is 2.23. The van der Waals surface area contributed by atoms with Gasteiger partial charge in [-0.3, -0.25) is 4.57 Å². The van der Waals surface area contributed by atoms with Gasteiger partial charge in [-0.05, 0) is 39.1 Å². The Kier molecular flexibility index (Phi) is 5.03. The van der Waals surface area contributed by atoms with Crippen molar-refractivity contribution in [2.24, 2.45) is 0 Å². The molecular weight excluding hydrogens is 533 g/mol. The summed E-state index contributed by atoms with van der Waals surface area (Å²) in [5.74, 6) is 1.91. The molecule has 0 saturated carbocycles. The zero-order chi connectivity index (χ0) is 27.6. The van der Waals surface area contributed by atoms with Gasteiger partial charge in [0.25, 0.3) is 0 Å². The smallest absolute Gasteiger partial charge is 0.238 e. The Bertz CT molecular complexity index is 2400. The number of rotatable bonds is 3. The van der Waals surface area contributed by atoms with Crippen molar-refractivity contribution in [3.05, 3.63) is 133 Å². The molecule has 0 spiro atoms. The van der Waals surface area contributed by atoms with E-state index in [4.69, 9.17) is 15.0 Å². The first kappa shape index (κ1) is 23.3. The van der Waals surface area contributed by atoms with Crippen LogP contribution in [0.4, 0.5) is 0 Å². The third kappa shape index (κ3) is 3.38. The maximum Gasteiger partial charge on any atom is 0.238 e. The molecule has 0 aliphatic carbocycles. The molecule has 0 N–H and O–H groups in total. The van der Waals surface area contributed by atoms with Gasteiger partial charge in [0, 0.05) is 32.0 Å². The molecule has 0 aliphatic heterocycles. The lowest BCUT2D eigenvalue weighted by atomic mass is 9.96. The van der Waals surface area contributed by atoms with E-state index in [0.29, 0.717) is 17.6 Å². The van der Waals surface area contributed by atoms with Gasteiger partial charge in [0.05, 0.1) is 11.0 Å². The Morgan fingerprint density at radius 3 is 1.71 bits per heavy atom. The van der Waals surface area contributed by atoms with Crippen LogP contribution in [0.25, 0.3) is 82.2 Å². The van der Waals surface area contributed by atoms with Crippen molar-refractivity contribution in [3.63, 3.8) is 0 Å². The van der Waals surface area contributed by atoms with Gasteiger partial charge in [-0.2, -0.15) is 9.97 Å². The summed E-state index contributed by atoms with van der Waals surface area (Å²) in [4.78, 5) is 15.3. The summed E-state index contributed by atoms with van der Waals surface area (Å²) in [6, 6.07) is 44.4. The van der Waals surface area contributed by atoms with Gasteiger partial charge >= 0.3 is 0 Å². The van der Waals surface area contributed by atoms with Crippen LogP contribution < -0.4 is 0 Å². The third-order valence-corrected chi connectivity index (χ3v) is 9.05. The van der Waals surface area contributed by atoms with Crippen LogP contribution in [0.1, 0.15) is 0 Å². The molecule has 9 aromatic rings. The van der Waals surface area contributed by atoms with Crippen molar-refractivity contribution in [2.45, 2.75) is 0 Å².